The maximum Gasteiger partial charge on any atom is 0.224 e. The Labute approximate surface area is 122 Å². The summed E-state index contributed by atoms with van der Waals surface area (Å²) < 4.78 is 4.93. The number of methoxy groups -OCH3 is 1. The van der Waals surface area contributed by atoms with E-state index in [2.05, 4.69) is 15.3 Å². The first kappa shape index (κ1) is 14.6. The van der Waals surface area contributed by atoms with Crippen molar-refractivity contribution < 1.29 is 14.3 Å². The Morgan fingerprint density at radius 3 is 2.67 bits per heavy atom. The Morgan fingerprint density at radius 2 is 2.05 bits per heavy atom. The van der Waals surface area contributed by atoms with Gasteiger partial charge in [0.05, 0.1) is 19.0 Å². The van der Waals surface area contributed by atoms with E-state index in [0.717, 1.165) is 0 Å². The largest absolute Gasteiger partial charge is 0.481 e. The van der Waals surface area contributed by atoms with Gasteiger partial charge in [0.2, 0.25) is 11.8 Å². The Balaban J connectivity index is 1.83. The van der Waals surface area contributed by atoms with Gasteiger partial charge in [0.25, 0.3) is 0 Å². The molecule has 2 aromatic heterocycles. The van der Waals surface area contributed by atoms with E-state index < -0.39 is 0 Å². The first-order valence-corrected chi connectivity index (χ1v) is 6.42. The quantitative estimate of drug-likeness (QED) is 0.822. The van der Waals surface area contributed by atoms with E-state index in [1.54, 1.807) is 30.5 Å². The minimum Gasteiger partial charge on any atom is -0.481 e. The first-order chi connectivity index (χ1) is 10.2. The smallest absolute Gasteiger partial charge is 0.224 e. The number of nitrogens with zero attached hydrogens (tertiary/aromatic N) is 2. The number of amides is 1. The lowest BCUT2D eigenvalue weighted by molar-refractivity contribution is -0.116. The van der Waals surface area contributed by atoms with Crippen LogP contribution in [0.3, 0.4) is 0 Å². The number of hydrogen-bond acceptors (Lipinski definition) is 5. The fraction of sp³-hybridized carbons (Fsp3) is 0.200. The fourth-order valence-electron chi connectivity index (χ4n) is 1.70. The number of ketones is 1. The van der Waals surface area contributed by atoms with Crippen molar-refractivity contribution in [2.45, 2.75) is 12.8 Å². The highest BCUT2D eigenvalue weighted by Crippen LogP contribution is 2.12. The molecule has 0 spiro atoms. The van der Waals surface area contributed by atoms with Crippen molar-refractivity contribution in [3.05, 3.63) is 48.4 Å². The predicted molar refractivity (Wildman–Crippen MR) is 77.2 cm³/mol. The SMILES string of the molecule is COc1ccc(NC(=O)CCC(=O)c2cccnc2)cn1. The number of rotatable bonds is 6. The van der Waals surface area contributed by atoms with Crippen LogP contribution in [0.5, 0.6) is 5.88 Å². The van der Waals surface area contributed by atoms with Crippen LogP contribution in [-0.4, -0.2) is 28.8 Å². The van der Waals surface area contributed by atoms with Crippen LogP contribution in [0, 0.1) is 0 Å². The van der Waals surface area contributed by atoms with Crippen LogP contribution in [-0.2, 0) is 4.79 Å². The van der Waals surface area contributed by atoms with Gasteiger partial charge in [-0.1, -0.05) is 0 Å². The minimum absolute atomic E-state index is 0.105. The second kappa shape index (κ2) is 7.14. The van der Waals surface area contributed by atoms with Gasteiger partial charge in [-0.25, -0.2) is 4.98 Å². The lowest BCUT2D eigenvalue weighted by atomic mass is 10.1. The number of aromatic nitrogens is 2. The lowest BCUT2D eigenvalue weighted by Crippen LogP contribution is -2.13. The van der Waals surface area contributed by atoms with Crippen molar-refractivity contribution in [1.82, 2.24) is 9.97 Å². The van der Waals surface area contributed by atoms with Gasteiger partial charge in [-0.2, -0.15) is 0 Å². The predicted octanol–water partition coefficient (Wildman–Crippen LogP) is 2.09. The van der Waals surface area contributed by atoms with E-state index in [1.165, 1.54) is 19.5 Å². The van der Waals surface area contributed by atoms with Crippen LogP contribution in [0.25, 0.3) is 0 Å². The summed E-state index contributed by atoms with van der Waals surface area (Å²) in [4.78, 5) is 31.5. The second-order valence-electron chi connectivity index (χ2n) is 4.30. The summed E-state index contributed by atoms with van der Waals surface area (Å²) in [6.07, 6.45) is 4.84. The van der Waals surface area contributed by atoms with Crippen LogP contribution in [0.15, 0.2) is 42.9 Å². The van der Waals surface area contributed by atoms with Gasteiger partial charge >= 0.3 is 0 Å². The Bertz CT molecular complexity index is 612. The molecule has 2 rings (SSSR count). The van der Waals surface area contributed by atoms with E-state index in [0.29, 0.717) is 17.1 Å². The van der Waals surface area contributed by atoms with Gasteiger partial charge in [0, 0.05) is 36.9 Å². The molecule has 0 saturated carbocycles. The minimum atomic E-state index is -0.237. The molecule has 0 aliphatic carbocycles. The van der Waals surface area contributed by atoms with E-state index in [9.17, 15) is 9.59 Å². The van der Waals surface area contributed by atoms with Gasteiger partial charge in [-0.15, -0.1) is 0 Å². The van der Waals surface area contributed by atoms with Gasteiger partial charge in [-0.05, 0) is 18.2 Å². The molecule has 21 heavy (non-hydrogen) atoms. The molecule has 0 aromatic carbocycles. The lowest BCUT2D eigenvalue weighted by Gasteiger charge is -2.05. The number of anilines is 1. The molecule has 0 saturated heterocycles. The second-order valence-corrected chi connectivity index (χ2v) is 4.30. The summed E-state index contributed by atoms with van der Waals surface area (Å²) in [6, 6.07) is 6.71. The average molecular weight is 285 g/mol. The molecule has 1 amide bonds. The summed E-state index contributed by atoms with van der Waals surface area (Å²) in [7, 11) is 1.52. The zero-order valence-corrected chi connectivity index (χ0v) is 11.6. The summed E-state index contributed by atoms with van der Waals surface area (Å²) in [6.45, 7) is 0. The molecule has 0 unspecified atom stereocenters. The molecular formula is C15H15N3O3. The molecule has 0 aliphatic rings. The van der Waals surface area contributed by atoms with E-state index in [1.807, 2.05) is 0 Å². The number of pyridine rings is 2. The molecule has 0 aliphatic heterocycles. The van der Waals surface area contributed by atoms with Crippen molar-refractivity contribution in [1.29, 1.82) is 0 Å². The summed E-state index contributed by atoms with van der Waals surface area (Å²) in [5.41, 5.74) is 1.08. The number of ether oxygens (including phenoxy) is 1. The van der Waals surface area contributed by atoms with Gasteiger partial charge in [-0.3, -0.25) is 14.6 Å². The monoisotopic (exact) mass is 285 g/mol. The molecule has 2 heterocycles. The van der Waals surface area contributed by atoms with Crippen LogP contribution >= 0.6 is 0 Å². The molecule has 6 heteroatoms. The third-order valence-corrected chi connectivity index (χ3v) is 2.79. The Hall–Kier alpha value is -2.76. The zero-order chi connectivity index (χ0) is 15.1. The highest BCUT2D eigenvalue weighted by Gasteiger charge is 2.09. The third kappa shape index (κ3) is 4.38. The molecule has 0 bridgehead atoms. The van der Waals surface area contributed by atoms with Crippen LogP contribution in [0.2, 0.25) is 0 Å². The summed E-state index contributed by atoms with van der Waals surface area (Å²) >= 11 is 0. The van der Waals surface area contributed by atoms with Crippen LogP contribution < -0.4 is 10.1 Å². The number of hydrogen-bond donors (Lipinski definition) is 1. The average Bonchev–Trinajstić information content (AvgIpc) is 2.54. The normalized spacial score (nSPS) is 9.95. The van der Waals surface area contributed by atoms with Gasteiger partial charge in [0.15, 0.2) is 5.78 Å². The highest BCUT2D eigenvalue weighted by molar-refractivity contribution is 5.99. The number of Topliss-reactive ketones (excluding diaryl/α,β-unsaturated/α-hetero) is 1. The van der Waals surface area contributed by atoms with Crippen LogP contribution in [0.1, 0.15) is 23.2 Å². The molecule has 0 fully saturated rings. The third-order valence-electron chi connectivity index (χ3n) is 2.79. The molecule has 2 aromatic rings. The van der Waals surface area contributed by atoms with E-state index >= 15 is 0 Å². The number of carbonyl (C=O) groups is 2. The van der Waals surface area contributed by atoms with Crippen molar-refractivity contribution in [3.8, 4) is 5.88 Å². The first-order valence-electron chi connectivity index (χ1n) is 6.42. The topological polar surface area (TPSA) is 81.2 Å². The van der Waals surface area contributed by atoms with Crippen molar-refractivity contribution in [2.75, 3.05) is 12.4 Å². The molecule has 6 nitrogen and oxygen atoms in total. The maximum absolute atomic E-state index is 11.8. The van der Waals surface area contributed by atoms with Crippen molar-refractivity contribution >= 4 is 17.4 Å². The summed E-state index contributed by atoms with van der Waals surface area (Å²) in [5.74, 6) is 0.130. The zero-order valence-electron chi connectivity index (χ0n) is 11.6. The van der Waals surface area contributed by atoms with E-state index in [-0.39, 0.29) is 24.5 Å². The van der Waals surface area contributed by atoms with Gasteiger partial charge in [0.1, 0.15) is 0 Å². The molecule has 0 radical (unpaired) electrons. The number of nitrogens with one attached hydrogen (secondary N) is 1. The standard InChI is InChI=1S/C15H15N3O3/c1-21-15-7-4-12(10-17-15)18-14(20)6-5-13(19)11-3-2-8-16-9-11/h2-4,7-10H,5-6H2,1H3,(H,18,20). The van der Waals surface area contributed by atoms with Gasteiger partial charge < -0.3 is 10.1 Å². The summed E-state index contributed by atoms with van der Waals surface area (Å²) in [5, 5.41) is 2.68. The van der Waals surface area contributed by atoms with Crippen molar-refractivity contribution in [3.63, 3.8) is 0 Å². The molecule has 0 atom stereocenters. The van der Waals surface area contributed by atoms with E-state index in [4.69, 9.17) is 4.74 Å². The number of carbonyl (C=O) groups excluding carboxylic acids is 2. The Morgan fingerprint density at radius 1 is 1.19 bits per heavy atom. The van der Waals surface area contributed by atoms with Crippen molar-refractivity contribution in [2.24, 2.45) is 0 Å². The molecule has 108 valence electrons. The molecular weight excluding hydrogens is 270 g/mol. The highest BCUT2D eigenvalue weighted by atomic mass is 16.5. The fourth-order valence-corrected chi connectivity index (χ4v) is 1.70. The Kier molecular flexibility index (Phi) is 4.98. The molecule has 1 N–H and O–H groups in total. The van der Waals surface area contributed by atoms with Crippen LogP contribution in [0.4, 0.5) is 5.69 Å². The maximum atomic E-state index is 11.8.